The van der Waals surface area contributed by atoms with Crippen LogP contribution >= 0.6 is 0 Å². The van der Waals surface area contributed by atoms with Crippen molar-refractivity contribution in [2.24, 2.45) is 0 Å². The fraction of sp³-hybridized carbons (Fsp3) is 0.188. The van der Waals surface area contributed by atoms with Gasteiger partial charge < -0.3 is 27.9 Å². The molecule has 3 aliphatic heterocycles. The first kappa shape index (κ1) is 55.3. The molecule has 3 saturated heterocycles. The fourth-order valence-corrected chi connectivity index (χ4v) is 13.5. The van der Waals surface area contributed by atoms with Gasteiger partial charge >= 0.3 is 21.4 Å². The van der Waals surface area contributed by atoms with E-state index in [0.29, 0.717) is 22.2 Å². The van der Waals surface area contributed by atoms with Gasteiger partial charge in [0.15, 0.2) is 0 Å². The minimum atomic E-state index is -0.643. The molecule has 3 aliphatic rings. The molecule has 516 valence electrons. The molecule has 15 aromatic rings. The summed E-state index contributed by atoms with van der Waals surface area (Å²) < 4.78 is 150. The molecule has 6 nitrogen and oxygen atoms in total. The monoisotopic (exact) mass is 1380 g/mol. The van der Waals surface area contributed by atoms with E-state index in [1.54, 1.807) is 30.3 Å². The van der Waals surface area contributed by atoms with E-state index in [1.807, 2.05) is 140 Å². The lowest BCUT2D eigenvalue weighted by atomic mass is 9.78. The van der Waals surface area contributed by atoms with Gasteiger partial charge in [-0.25, -0.2) is 0 Å². The van der Waals surface area contributed by atoms with Crippen molar-refractivity contribution in [3.63, 3.8) is 0 Å². The van der Waals surface area contributed by atoms with Crippen LogP contribution in [-0.2, 0) is 27.9 Å². The summed E-state index contributed by atoms with van der Waals surface area (Å²) >= 11 is 0. The molecular weight excluding hydrogens is 1280 g/mol. The van der Waals surface area contributed by atoms with Gasteiger partial charge in [-0.05, 0) is 285 Å². The second-order valence-electron chi connectivity index (χ2n) is 30.6. The van der Waals surface area contributed by atoms with E-state index in [2.05, 4.69) is 143 Å². The number of fused-ring (bicyclic) bond motifs is 6. The molecule has 0 N–H and O–H groups in total. The predicted octanol–water partition coefficient (Wildman–Crippen LogP) is 22.9. The van der Waals surface area contributed by atoms with Gasteiger partial charge in [0.25, 0.3) is 0 Å². The van der Waals surface area contributed by atoms with Crippen LogP contribution in [0.15, 0.2) is 309 Å². The van der Waals surface area contributed by atoms with Crippen molar-refractivity contribution in [3.05, 3.63) is 309 Å². The van der Waals surface area contributed by atoms with Gasteiger partial charge in [-0.2, -0.15) is 0 Å². The van der Waals surface area contributed by atoms with Crippen LogP contribution in [0, 0.1) is 0 Å². The molecule has 15 aromatic carbocycles. The molecule has 0 amide bonds. The van der Waals surface area contributed by atoms with Crippen molar-refractivity contribution >= 4 is 102 Å². The van der Waals surface area contributed by atoms with Crippen LogP contribution in [0.1, 0.15) is 101 Å². The average Bonchev–Trinajstić information content (AvgIpc) is 0.838. The Bertz CT molecular complexity index is 6600. The summed E-state index contributed by atoms with van der Waals surface area (Å²) in [5.74, 6) is 0. The number of rotatable bonds is 9. The van der Waals surface area contributed by atoms with Crippen molar-refractivity contribution in [1.82, 2.24) is 0 Å². The Morgan fingerprint density at radius 1 is 0.200 bits per heavy atom. The molecule has 3 heterocycles. The first-order chi connectivity index (χ1) is 55.8. The summed E-state index contributed by atoms with van der Waals surface area (Å²) in [5.41, 5.74) is 9.11. The summed E-state index contributed by atoms with van der Waals surface area (Å²) in [6, 6.07) is 73.7. The maximum Gasteiger partial charge on any atom is 0.494 e. The van der Waals surface area contributed by atoms with Crippen LogP contribution in [0.25, 0.3) is 131 Å². The first-order valence-corrected chi connectivity index (χ1v) is 35.8. The Kier molecular flexibility index (Phi) is 14.3. The van der Waals surface area contributed by atoms with E-state index >= 15 is 0 Å². The first-order valence-electron chi connectivity index (χ1n) is 42.3. The van der Waals surface area contributed by atoms with Crippen molar-refractivity contribution in [2.75, 3.05) is 0 Å². The second-order valence-corrected chi connectivity index (χ2v) is 30.6. The fourth-order valence-electron chi connectivity index (χ4n) is 13.5. The largest absolute Gasteiger partial charge is 0.494 e. The molecule has 9 heteroatoms. The maximum atomic E-state index is 9.09. The third-order valence-electron chi connectivity index (χ3n) is 21.9. The molecule has 0 atom stereocenters. The molecule has 0 saturated carbocycles. The quantitative estimate of drug-likeness (QED) is 0.134. The van der Waals surface area contributed by atoms with Crippen LogP contribution in [0.5, 0.6) is 0 Å². The van der Waals surface area contributed by atoms with E-state index in [0.717, 1.165) is 49.2 Å². The summed E-state index contributed by atoms with van der Waals surface area (Å²) in [7, 11) is -1.46. The van der Waals surface area contributed by atoms with Gasteiger partial charge in [0.2, 0.25) is 0 Å². The van der Waals surface area contributed by atoms with E-state index in [4.69, 9.17) is 45.7 Å². The van der Waals surface area contributed by atoms with Crippen molar-refractivity contribution in [2.45, 2.75) is 117 Å². The van der Waals surface area contributed by atoms with Crippen LogP contribution in [0.3, 0.4) is 0 Å². The van der Waals surface area contributed by atoms with E-state index in [9.17, 15) is 0 Å². The number of benzene rings is 15. The molecule has 18 rings (SSSR count). The third kappa shape index (κ3) is 13.9. The smallest absolute Gasteiger partial charge is 0.399 e. The van der Waals surface area contributed by atoms with Crippen LogP contribution in [-0.4, -0.2) is 55.0 Å². The average molecular weight is 1380 g/mol. The molecule has 105 heavy (non-hydrogen) atoms. The molecule has 0 spiro atoms. The molecule has 0 aromatic heterocycles. The Morgan fingerprint density at radius 2 is 0.429 bits per heavy atom. The summed E-state index contributed by atoms with van der Waals surface area (Å²) in [6.45, 7) is 24.4. The van der Waals surface area contributed by atoms with Gasteiger partial charge in [0, 0.05) is 0 Å². The zero-order chi connectivity index (χ0) is 83.9. The van der Waals surface area contributed by atoms with Gasteiger partial charge in [-0.1, -0.05) is 255 Å². The molecule has 3 fully saturated rings. The van der Waals surface area contributed by atoms with Crippen LogP contribution in [0.2, 0.25) is 0 Å². The summed E-state index contributed by atoms with van der Waals surface area (Å²) in [6.07, 6.45) is 0. The van der Waals surface area contributed by atoms with Crippen molar-refractivity contribution in [1.29, 1.82) is 0 Å². The Labute approximate surface area is 637 Å². The molecule has 0 bridgehead atoms. The normalized spacial score (nSPS) is 18.5. The highest BCUT2D eigenvalue weighted by molar-refractivity contribution is 6.63. The van der Waals surface area contributed by atoms with Gasteiger partial charge in [0.1, 0.15) is 0 Å². The number of hydrogen-bond donors (Lipinski definition) is 0. The van der Waals surface area contributed by atoms with Crippen molar-refractivity contribution in [3.8, 4) is 66.8 Å². The van der Waals surface area contributed by atoms with Crippen LogP contribution < -0.4 is 16.4 Å². The lowest BCUT2D eigenvalue weighted by Gasteiger charge is -2.32. The predicted molar refractivity (Wildman–Crippen MR) is 444 cm³/mol. The standard InChI is InChI=1S/3C32H29BO2/c3*1-31(2)32(3,4)35-33(34-31)30-11-7-10-24(21-30)25-14-15-29-20-28(17-16-27(29)19-25)26-13-12-22-8-5-6-9-23(22)18-26/h3*5-21H,1-4H3/i5D,6D,8D,9D,12D,13D,18D;14D,15D,16D,17D,19D,20D;. The van der Waals surface area contributed by atoms with Crippen LogP contribution in [0.4, 0.5) is 0 Å². The highest BCUT2D eigenvalue weighted by atomic mass is 16.7. The minimum Gasteiger partial charge on any atom is -0.399 e. The third-order valence-corrected chi connectivity index (χ3v) is 21.9. The zero-order valence-corrected chi connectivity index (χ0v) is 61.1. The zero-order valence-electron chi connectivity index (χ0n) is 74.1. The highest BCUT2D eigenvalue weighted by Gasteiger charge is 2.54. The Morgan fingerprint density at radius 3 is 0.743 bits per heavy atom. The number of hydrogen-bond acceptors (Lipinski definition) is 6. The molecule has 0 radical (unpaired) electrons. The van der Waals surface area contributed by atoms with Gasteiger partial charge in [-0.3, -0.25) is 0 Å². The van der Waals surface area contributed by atoms with E-state index < -0.39 is 54.8 Å². The lowest BCUT2D eigenvalue weighted by Crippen LogP contribution is -2.41. The SMILES string of the molecule is CC1(C)OB(c2cccc(-c3ccc4cc(-c5ccc6ccccc6c5)ccc4c3)c2)OC1(C)C.[2H]c1c(-c2ccc3ccccc3c2)c([2H])c2c([2H])c([2H])c(-c3cccc(B4OC(C)(C)C(C)(C)O4)c3)c([2H])c2c1[2H].[2H]c1c([2H])c([2H])c2c([2H])c(-c3ccc4cc(-c5cccc(B6OC(C)(C)C(C)(C)O6)c5)ccc4c3)c([2H])c([2H])c2c1[2H]. The van der Waals surface area contributed by atoms with Gasteiger partial charge in [0.05, 0.1) is 51.4 Å². The lowest BCUT2D eigenvalue weighted by molar-refractivity contribution is 0.00578. The molecular formula is C96H87B3O6. The summed E-state index contributed by atoms with van der Waals surface area (Å²) in [4.78, 5) is 0. The minimum absolute atomic E-state index is 0.0292. The van der Waals surface area contributed by atoms with E-state index in [-0.39, 0.29) is 117 Å². The maximum absolute atomic E-state index is 9.09. The Hall–Kier alpha value is -10.2. The summed E-state index contributed by atoms with van der Waals surface area (Å²) in [5, 5.41) is 8.68. The molecule has 0 aliphatic carbocycles. The highest BCUT2D eigenvalue weighted by Crippen LogP contribution is 2.41. The molecule has 0 unspecified atom stereocenters. The van der Waals surface area contributed by atoms with Crippen molar-refractivity contribution < 1.29 is 45.7 Å². The van der Waals surface area contributed by atoms with E-state index in [1.165, 1.54) is 38.2 Å². The second kappa shape index (κ2) is 27.1. The topological polar surface area (TPSA) is 55.4 Å². The Balaban J connectivity index is 0.000000133. The van der Waals surface area contributed by atoms with Gasteiger partial charge in [-0.15, -0.1) is 0 Å².